The molecule has 0 aliphatic heterocycles. The zero-order valence-corrected chi connectivity index (χ0v) is 10.4. The first-order valence-electron chi connectivity index (χ1n) is 5.53. The van der Waals surface area contributed by atoms with Crippen LogP contribution >= 0.6 is 0 Å². The summed E-state index contributed by atoms with van der Waals surface area (Å²) in [4.78, 5) is 11.1. The maximum Gasteiger partial charge on any atom is 0.242 e. The third-order valence-corrected chi connectivity index (χ3v) is 2.81. The van der Waals surface area contributed by atoms with Gasteiger partial charge in [-0.25, -0.2) is 0 Å². The van der Waals surface area contributed by atoms with Crippen LogP contribution in [0.15, 0.2) is 0 Å². The van der Waals surface area contributed by atoms with Gasteiger partial charge in [0.1, 0.15) is 6.04 Å². The molecule has 0 saturated carbocycles. The fraction of sp³-hybridized carbons (Fsp3) is 0.636. The normalized spacial score (nSPS) is 12.8. The smallest absolute Gasteiger partial charge is 0.242 e. The molecular weight excluding hydrogens is 204 g/mol. The molecule has 0 fully saturated rings. The van der Waals surface area contributed by atoms with Crippen molar-refractivity contribution < 1.29 is 4.79 Å². The third kappa shape index (κ3) is 2.41. The van der Waals surface area contributed by atoms with Crippen molar-refractivity contribution in [1.82, 2.24) is 15.1 Å². The van der Waals surface area contributed by atoms with Crippen LogP contribution in [0.3, 0.4) is 0 Å². The highest BCUT2D eigenvalue weighted by molar-refractivity contribution is 5.77. The van der Waals surface area contributed by atoms with Gasteiger partial charge in [-0.15, -0.1) is 0 Å². The molecule has 1 amide bonds. The predicted octanol–water partition coefficient (Wildman–Crippen LogP) is 0.656. The van der Waals surface area contributed by atoms with Gasteiger partial charge in [0.05, 0.1) is 5.69 Å². The number of hydrogen-bond donors (Lipinski definition) is 2. The van der Waals surface area contributed by atoms with Crippen molar-refractivity contribution in [3.05, 3.63) is 17.0 Å². The Morgan fingerprint density at radius 2 is 2.19 bits per heavy atom. The summed E-state index contributed by atoms with van der Waals surface area (Å²) in [5.41, 5.74) is 8.38. The number of rotatable bonds is 5. The lowest BCUT2D eigenvalue weighted by Gasteiger charge is -2.10. The molecule has 5 nitrogen and oxygen atoms in total. The van der Waals surface area contributed by atoms with Crippen molar-refractivity contribution in [3.8, 4) is 0 Å². The largest absolute Gasteiger partial charge is 0.368 e. The second kappa shape index (κ2) is 5.12. The van der Waals surface area contributed by atoms with Gasteiger partial charge in [0.25, 0.3) is 0 Å². The Balaban J connectivity index is 3.01. The Morgan fingerprint density at radius 1 is 1.56 bits per heavy atom. The third-order valence-electron chi connectivity index (χ3n) is 2.81. The molecule has 0 aliphatic carbocycles. The molecule has 0 radical (unpaired) electrons. The minimum Gasteiger partial charge on any atom is -0.368 e. The van der Waals surface area contributed by atoms with Gasteiger partial charge in [0.2, 0.25) is 5.91 Å². The van der Waals surface area contributed by atoms with E-state index in [2.05, 4.69) is 17.3 Å². The first-order valence-corrected chi connectivity index (χ1v) is 5.53. The fourth-order valence-corrected chi connectivity index (χ4v) is 1.70. The van der Waals surface area contributed by atoms with Crippen LogP contribution in [0.25, 0.3) is 0 Å². The second-order valence-corrected chi connectivity index (χ2v) is 3.95. The standard InChI is InChI=1S/C11H20N4O/c1-5-13-6-10-7(2)14-15(8(10)3)9(4)11(12)16/h9,13H,5-6H2,1-4H3,(H2,12,16). The topological polar surface area (TPSA) is 72.9 Å². The van der Waals surface area contributed by atoms with E-state index in [1.54, 1.807) is 11.6 Å². The molecule has 16 heavy (non-hydrogen) atoms. The van der Waals surface area contributed by atoms with Gasteiger partial charge in [-0.3, -0.25) is 9.48 Å². The quantitative estimate of drug-likeness (QED) is 0.771. The number of aryl methyl sites for hydroxylation is 1. The summed E-state index contributed by atoms with van der Waals surface area (Å²) in [5, 5.41) is 7.62. The zero-order valence-electron chi connectivity index (χ0n) is 10.4. The number of nitrogens with zero attached hydrogens (tertiary/aromatic N) is 2. The summed E-state index contributed by atoms with van der Waals surface area (Å²) < 4.78 is 1.70. The predicted molar refractivity (Wildman–Crippen MR) is 63.0 cm³/mol. The van der Waals surface area contributed by atoms with E-state index in [0.717, 1.165) is 30.0 Å². The van der Waals surface area contributed by atoms with Crippen LogP contribution in [0.2, 0.25) is 0 Å². The summed E-state index contributed by atoms with van der Waals surface area (Å²) in [6, 6.07) is -0.394. The Kier molecular flexibility index (Phi) is 4.06. The van der Waals surface area contributed by atoms with Crippen molar-refractivity contribution in [3.63, 3.8) is 0 Å². The Morgan fingerprint density at radius 3 is 2.69 bits per heavy atom. The number of nitrogens with two attached hydrogens (primary N) is 1. The molecular formula is C11H20N4O. The van der Waals surface area contributed by atoms with Crippen LogP contribution < -0.4 is 11.1 Å². The van der Waals surface area contributed by atoms with Gasteiger partial charge in [-0.05, 0) is 27.3 Å². The number of primary amides is 1. The van der Waals surface area contributed by atoms with Gasteiger partial charge < -0.3 is 11.1 Å². The number of nitrogens with one attached hydrogen (secondary N) is 1. The number of carbonyl (C=O) groups excluding carboxylic acids is 1. The summed E-state index contributed by atoms with van der Waals surface area (Å²) >= 11 is 0. The fourth-order valence-electron chi connectivity index (χ4n) is 1.70. The van der Waals surface area contributed by atoms with E-state index in [-0.39, 0.29) is 5.91 Å². The summed E-state index contributed by atoms with van der Waals surface area (Å²) in [6.45, 7) is 9.42. The molecule has 1 rings (SSSR count). The molecule has 0 bridgehead atoms. The van der Waals surface area contributed by atoms with E-state index in [0.29, 0.717) is 0 Å². The maximum absolute atomic E-state index is 11.1. The minimum atomic E-state index is -0.394. The lowest BCUT2D eigenvalue weighted by Crippen LogP contribution is -2.25. The molecule has 1 aromatic heterocycles. The van der Waals surface area contributed by atoms with E-state index in [9.17, 15) is 4.79 Å². The second-order valence-electron chi connectivity index (χ2n) is 3.95. The lowest BCUT2D eigenvalue weighted by atomic mass is 10.2. The summed E-state index contributed by atoms with van der Waals surface area (Å²) in [6.07, 6.45) is 0. The van der Waals surface area contributed by atoms with Gasteiger partial charge in [0.15, 0.2) is 0 Å². The van der Waals surface area contributed by atoms with Crippen molar-refractivity contribution in [2.24, 2.45) is 5.73 Å². The van der Waals surface area contributed by atoms with Crippen molar-refractivity contribution >= 4 is 5.91 Å². The van der Waals surface area contributed by atoms with E-state index >= 15 is 0 Å². The molecule has 0 saturated heterocycles. The molecule has 0 aromatic carbocycles. The lowest BCUT2D eigenvalue weighted by molar-refractivity contribution is -0.121. The molecule has 1 heterocycles. The van der Waals surface area contributed by atoms with Crippen molar-refractivity contribution in [1.29, 1.82) is 0 Å². The Bertz CT molecular complexity index is 384. The SMILES string of the molecule is CCNCc1c(C)nn(C(C)C(N)=O)c1C. The molecule has 1 atom stereocenters. The van der Waals surface area contributed by atoms with Crippen LogP contribution in [0, 0.1) is 13.8 Å². The molecule has 1 unspecified atom stereocenters. The highest BCUT2D eigenvalue weighted by Gasteiger charge is 2.18. The van der Waals surface area contributed by atoms with Crippen LogP contribution in [0.4, 0.5) is 0 Å². The Hall–Kier alpha value is -1.36. The molecule has 0 spiro atoms. The monoisotopic (exact) mass is 224 g/mol. The number of carbonyl (C=O) groups is 1. The van der Waals surface area contributed by atoms with E-state index in [4.69, 9.17) is 5.73 Å². The minimum absolute atomic E-state index is 0.361. The van der Waals surface area contributed by atoms with Crippen LogP contribution in [-0.4, -0.2) is 22.2 Å². The highest BCUT2D eigenvalue weighted by Crippen LogP contribution is 2.16. The van der Waals surface area contributed by atoms with Gasteiger partial charge in [0, 0.05) is 17.8 Å². The van der Waals surface area contributed by atoms with Gasteiger partial charge >= 0.3 is 0 Å². The molecule has 5 heteroatoms. The molecule has 0 aliphatic rings. The van der Waals surface area contributed by atoms with Crippen molar-refractivity contribution in [2.45, 2.75) is 40.3 Å². The Labute approximate surface area is 96.0 Å². The molecule has 1 aromatic rings. The summed E-state index contributed by atoms with van der Waals surface area (Å²) in [7, 11) is 0. The number of hydrogen-bond acceptors (Lipinski definition) is 3. The van der Waals surface area contributed by atoms with Gasteiger partial charge in [-0.1, -0.05) is 6.92 Å². The average molecular weight is 224 g/mol. The van der Waals surface area contributed by atoms with Crippen molar-refractivity contribution in [2.75, 3.05) is 6.54 Å². The first-order chi connectivity index (χ1) is 7.49. The van der Waals surface area contributed by atoms with Crippen LogP contribution in [0.5, 0.6) is 0 Å². The number of amides is 1. The highest BCUT2D eigenvalue weighted by atomic mass is 16.1. The first kappa shape index (κ1) is 12.7. The molecule has 3 N–H and O–H groups in total. The van der Waals surface area contributed by atoms with Crippen LogP contribution in [-0.2, 0) is 11.3 Å². The number of aromatic nitrogens is 2. The maximum atomic E-state index is 11.1. The van der Waals surface area contributed by atoms with E-state index < -0.39 is 6.04 Å². The average Bonchev–Trinajstić information content (AvgIpc) is 2.51. The van der Waals surface area contributed by atoms with E-state index in [1.165, 1.54) is 0 Å². The van der Waals surface area contributed by atoms with Crippen LogP contribution in [0.1, 0.15) is 36.8 Å². The van der Waals surface area contributed by atoms with Gasteiger partial charge in [-0.2, -0.15) is 5.10 Å². The zero-order chi connectivity index (χ0) is 12.3. The summed E-state index contributed by atoms with van der Waals surface area (Å²) in [5.74, 6) is -0.361. The van der Waals surface area contributed by atoms with E-state index in [1.807, 2.05) is 13.8 Å². The molecule has 90 valence electrons.